The first kappa shape index (κ1) is 30.5. The van der Waals surface area contributed by atoms with E-state index in [0.29, 0.717) is 0 Å². The second-order valence-electron chi connectivity index (χ2n) is 16.6. The summed E-state index contributed by atoms with van der Waals surface area (Å²) < 4.78 is 5.27. The molecular formula is C55H30BN3. The molecule has 13 aromatic rings. The quantitative estimate of drug-likeness (QED) is 0.154. The molecule has 3 nitrogen and oxygen atoms in total. The number of benzene rings is 10. The van der Waals surface area contributed by atoms with Crippen LogP contribution in [0.15, 0.2) is 182 Å². The monoisotopic (exact) mass is 743 g/mol. The van der Waals surface area contributed by atoms with Crippen LogP contribution in [0, 0.1) is 0 Å². The third-order valence-electron chi connectivity index (χ3n) is 13.8. The largest absolute Gasteiger partial charge is 0.310 e. The summed E-state index contributed by atoms with van der Waals surface area (Å²) in [6, 6.07) is 66.2. The Balaban J connectivity index is 1.23. The van der Waals surface area contributed by atoms with E-state index in [2.05, 4.69) is 179 Å². The van der Waals surface area contributed by atoms with Crippen LogP contribution in [-0.2, 0) is 0 Å². The van der Waals surface area contributed by atoms with Crippen LogP contribution < -0.4 is 16.4 Å². The first-order chi connectivity index (χ1) is 29.3. The van der Waals surface area contributed by atoms with Crippen LogP contribution in [0.1, 0.15) is 0 Å². The summed E-state index contributed by atoms with van der Waals surface area (Å²) in [4.78, 5) is 4.71. The van der Waals surface area contributed by atoms with E-state index in [1.54, 1.807) is 0 Å². The fourth-order valence-electron chi connectivity index (χ4n) is 11.6. The molecule has 0 fully saturated rings. The zero-order valence-corrected chi connectivity index (χ0v) is 31.7. The second-order valence-corrected chi connectivity index (χ2v) is 16.6. The molecule has 0 spiro atoms. The lowest BCUT2D eigenvalue weighted by Gasteiger charge is -2.35. The summed E-state index contributed by atoms with van der Waals surface area (Å²) in [5.74, 6) is 0. The molecule has 15 rings (SSSR count). The summed E-state index contributed by atoms with van der Waals surface area (Å²) in [5.41, 5.74) is 15.2. The highest BCUT2D eigenvalue weighted by atomic mass is 15.0. The van der Waals surface area contributed by atoms with Gasteiger partial charge in [-0.05, 0) is 101 Å². The molecule has 0 saturated carbocycles. The van der Waals surface area contributed by atoms with Crippen molar-refractivity contribution in [2.45, 2.75) is 0 Å². The summed E-state index contributed by atoms with van der Waals surface area (Å²) in [6.45, 7) is -0.00700. The van der Waals surface area contributed by atoms with Crippen LogP contribution >= 0.6 is 0 Å². The van der Waals surface area contributed by atoms with Gasteiger partial charge in [-0.2, -0.15) is 0 Å². The fourth-order valence-corrected chi connectivity index (χ4v) is 11.6. The van der Waals surface area contributed by atoms with E-state index in [1.807, 2.05) is 12.3 Å². The Morgan fingerprint density at radius 2 is 0.949 bits per heavy atom. The summed E-state index contributed by atoms with van der Waals surface area (Å²) in [5, 5.41) is 16.7. The molecular weight excluding hydrogens is 713 g/mol. The van der Waals surface area contributed by atoms with Crippen molar-refractivity contribution in [1.82, 2.24) is 14.1 Å². The predicted octanol–water partition coefficient (Wildman–Crippen LogP) is 11.9. The molecule has 0 radical (unpaired) electrons. The summed E-state index contributed by atoms with van der Waals surface area (Å²) in [6.07, 6.45) is 1.88. The molecule has 0 unspecified atom stereocenters. The van der Waals surface area contributed by atoms with Crippen LogP contribution in [0.25, 0.3) is 120 Å². The van der Waals surface area contributed by atoms with E-state index < -0.39 is 0 Å². The van der Waals surface area contributed by atoms with Crippen LogP contribution in [-0.4, -0.2) is 20.8 Å². The average molecular weight is 744 g/mol. The van der Waals surface area contributed by atoms with Gasteiger partial charge < -0.3 is 9.13 Å². The fraction of sp³-hybridized carbons (Fsp3) is 0. The number of hydrogen-bond donors (Lipinski definition) is 0. The average Bonchev–Trinajstić information content (AvgIpc) is 3.84. The van der Waals surface area contributed by atoms with Gasteiger partial charge >= 0.3 is 0 Å². The van der Waals surface area contributed by atoms with Gasteiger partial charge in [0.05, 0.1) is 33.3 Å². The molecule has 5 heterocycles. The molecule has 4 heteroatoms. The zero-order valence-electron chi connectivity index (χ0n) is 31.7. The standard InChI is InChI=1S/C55H30BN3/c1-5-15-37-31(10-1)20-24-45-48(37)50-39-17-7-3-12-33(39)29-42-54(50)58(45)47-26-22-41(35-19-23-44-36(28-35)14-9-27-57-44)53-52(47)56(42)43-30-34-13-4-8-18-40(34)51-49-38-16-6-2-11-32(38)21-25-46(49)59(53)55(43)51/h1-30H. The topological polar surface area (TPSA) is 22.8 Å². The van der Waals surface area contributed by atoms with Crippen molar-refractivity contribution < 1.29 is 0 Å². The van der Waals surface area contributed by atoms with Gasteiger partial charge in [0.15, 0.2) is 0 Å². The summed E-state index contributed by atoms with van der Waals surface area (Å²) in [7, 11) is 0. The van der Waals surface area contributed by atoms with E-state index in [9.17, 15) is 0 Å². The van der Waals surface area contributed by atoms with Gasteiger partial charge in [0, 0.05) is 44.4 Å². The third kappa shape index (κ3) is 3.65. The minimum atomic E-state index is -0.00700. The number of aromatic nitrogens is 3. The van der Waals surface area contributed by atoms with Crippen LogP contribution in [0.5, 0.6) is 0 Å². The Bertz CT molecular complexity index is 4090. The van der Waals surface area contributed by atoms with Gasteiger partial charge in [-0.1, -0.05) is 140 Å². The van der Waals surface area contributed by atoms with E-state index in [-0.39, 0.29) is 6.71 Å². The maximum atomic E-state index is 4.71. The number of pyridine rings is 1. The molecule has 0 amide bonds. The molecule has 2 aliphatic heterocycles. The van der Waals surface area contributed by atoms with Gasteiger partial charge in [0.25, 0.3) is 6.71 Å². The van der Waals surface area contributed by atoms with Crippen LogP contribution in [0.3, 0.4) is 0 Å². The first-order valence-electron chi connectivity index (χ1n) is 20.6. The van der Waals surface area contributed by atoms with Crippen molar-refractivity contribution in [2.75, 3.05) is 0 Å². The van der Waals surface area contributed by atoms with Gasteiger partial charge in [-0.15, -0.1) is 0 Å². The number of fused-ring (bicyclic) bond motifs is 19. The van der Waals surface area contributed by atoms with E-state index in [4.69, 9.17) is 4.98 Å². The minimum absolute atomic E-state index is 0.00700. The van der Waals surface area contributed by atoms with Crippen molar-refractivity contribution in [3.63, 3.8) is 0 Å². The Labute approximate surface area is 338 Å². The van der Waals surface area contributed by atoms with Crippen LogP contribution in [0.4, 0.5) is 0 Å². The molecule has 10 aromatic carbocycles. The molecule has 2 aliphatic rings. The molecule has 0 bridgehead atoms. The zero-order chi connectivity index (χ0) is 38.1. The van der Waals surface area contributed by atoms with E-state index >= 15 is 0 Å². The van der Waals surface area contributed by atoms with Crippen molar-refractivity contribution in [2.24, 2.45) is 0 Å². The lowest BCUT2D eigenvalue weighted by molar-refractivity contribution is 1.15. The van der Waals surface area contributed by atoms with E-state index in [0.717, 1.165) is 10.9 Å². The Kier molecular flexibility index (Phi) is 5.48. The molecule has 0 N–H and O–H groups in total. The predicted molar refractivity (Wildman–Crippen MR) is 251 cm³/mol. The molecule has 3 aromatic heterocycles. The number of hydrogen-bond acceptors (Lipinski definition) is 1. The van der Waals surface area contributed by atoms with Crippen molar-refractivity contribution in [1.29, 1.82) is 0 Å². The molecule has 0 atom stereocenters. The first-order valence-corrected chi connectivity index (χ1v) is 20.6. The van der Waals surface area contributed by atoms with Gasteiger partial charge in [-0.3, -0.25) is 4.98 Å². The molecule has 59 heavy (non-hydrogen) atoms. The maximum absolute atomic E-state index is 4.71. The molecule has 0 aliphatic carbocycles. The van der Waals surface area contributed by atoms with Crippen molar-refractivity contribution in [3.8, 4) is 22.5 Å². The molecule has 268 valence electrons. The molecule has 0 saturated heterocycles. The van der Waals surface area contributed by atoms with Gasteiger partial charge in [0.2, 0.25) is 0 Å². The SMILES string of the molecule is c1cnc2ccc(-c3ccc4c5c3-n3c6ccc7ccccc7c6c6c7ccccc7cc(c63)B5c3cc5ccccc5c5c6c7ccccc7ccc6n-4c35)cc2c1. The Hall–Kier alpha value is -7.69. The lowest BCUT2D eigenvalue weighted by atomic mass is 9.34. The van der Waals surface area contributed by atoms with Crippen LogP contribution in [0.2, 0.25) is 0 Å². The highest BCUT2D eigenvalue weighted by molar-refractivity contribution is 7.01. The Morgan fingerprint density at radius 3 is 1.59 bits per heavy atom. The smallest absolute Gasteiger partial charge is 0.252 e. The second kappa shape index (κ2) is 10.6. The van der Waals surface area contributed by atoms with Gasteiger partial charge in [0.1, 0.15) is 0 Å². The van der Waals surface area contributed by atoms with E-state index in [1.165, 1.54) is 126 Å². The minimum Gasteiger partial charge on any atom is -0.310 e. The lowest BCUT2D eigenvalue weighted by Crippen LogP contribution is -2.59. The number of nitrogens with zero attached hydrogens (tertiary/aromatic N) is 3. The highest BCUT2D eigenvalue weighted by Crippen LogP contribution is 2.47. The third-order valence-corrected chi connectivity index (χ3v) is 13.8. The van der Waals surface area contributed by atoms with Crippen molar-refractivity contribution >= 4 is 121 Å². The summed E-state index contributed by atoms with van der Waals surface area (Å²) >= 11 is 0. The normalized spacial score (nSPS) is 13.1. The number of rotatable bonds is 1. The maximum Gasteiger partial charge on any atom is 0.252 e. The van der Waals surface area contributed by atoms with Crippen molar-refractivity contribution in [3.05, 3.63) is 182 Å². The Morgan fingerprint density at radius 1 is 0.407 bits per heavy atom. The highest BCUT2D eigenvalue weighted by Gasteiger charge is 2.43. The van der Waals surface area contributed by atoms with Gasteiger partial charge in [-0.25, -0.2) is 0 Å².